The molecule has 0 aliphatic rings. The van der Waals surface area contributed by atoms with Gasteiger partial charge in [-0.25, -0.2) is 4.98 Å². The molecule has 9 heavy (non-hydrogen) atoms. The minimum Gasteiger partial charge on any atom is -0.344 e. The fourth-order valence-corrected chi connectivity index (χ4v) is 1.21. The van der Waals surface area contributed by atoms with Crippen LogP contribution < -0.4 is 6.15 Å². The van der Waals surface area contributed by atoms with Gasteiger partial charge in [0.25, 0.3) is 0 Å². The Balaban J connectivity index is 0.000000640. The first-order chi connectivity index (χ1) is 3.93. The number of aryl methyl sites for hydroxylation is 1. The molecule has 52 valence electrons. The molecule has 1 aromatic heterocycles. The molecule has 0 fully saturated rings. The molecule has 0 unspecified atom stereocenters. The van der Waals surface area contributed by atoms with Crippen molar-refractivity contribution in [2.24, 2.45) is 0 Å². The zero-order valence-electron chi connectivity index (χ0n) is 5.63. The van der Waals surface area contributed by atoms with Crippen molar-refractivity contribution >= 4 is 11.3 Å². The molecule has 1 rings (SSSR count). The van der Waals surface area contributed by atoms with Crippen molar-refractivity contribution < 1.29 is 0 Å². The Bertz CT molecular complexity index is 137. The van der Waals surface area contributed by atoms with E-state index in [1.165, 1.54) is 12.1 Å². The van der Waals surface area contributed by atoms with E-state index >= 15 is 0 Å². The summed E-state index contributed by atoms with van der Waals surface area (Å²) in [6.45, 7) is 2.17. The van der Waals surface area contributed by atoms with Gasteiger partial charge in [-0.2, -0.15) is 0 Å². The first kappa shape index (κ1) is 8.59. The van der Waals surface area contributed by atoms with Crippen molar-refractivity contribution in [2.75, 3.05) is 0 Å². The zero-order valence-corrected chi connectivity index (χ0v) is 6.45. The van der Waals surface area contributed by atoms with Gasteiger partial charge in [-0.15, -0.1) is 11.3 Å². The summed E-state index contributed by atoms with van der Waals surface area (Å²) in [4.78, 5) is 4.12. The van der Waals surface area contributed by atoms with Crippen LogP contribution in [0.3, 0.4) is 0 Å². The van der Waals surface area contributed by atoms with Crippen molar-refractivity contribution in [3.05, 3.63) is 16.6 Å². The van der Waals surface area contributed by atoms with Crippen molar-refractivity contribution in [3.63, 3.8) is 0 Å². The van der Waals surface area contributed by atoms with Gasteiger partial charge in [0.1, 0.15) is 0 Å². The third kappa shape index (κ3) is 2.58. The largest absolute Gasteiger partial charge is 0.344 e. The molecule has 0 amide bonds. The summed E-state index contributed by atoms with van der Waals surface area (Å²) >= 11 is 1.67. The molecular weight excluding hydrogens is 132 g/mol. The van der Waals surface area contributed by atoms with E-state index in [-0.39, 0.29) is 6.15 Å². The van der Waals surface area contributed by atoms with Gasteiger partial charge in [0.2, 0.25) is 0 Å². The van der Waals surface area contributed by atoms with Gasteiger partial charge < -0.3 is 6.15 Å². The normalized spacial score (nSPS) is 8.56. The maximum atomic E-state index is 4.12. The van der Waals surface area contributed by atoms with Crippen molar-refractivity contribution in [3.8, 4) is 0 Å². The predicted molar refractivity (Wildman–Crippen MR) is 41.1 cm³/mol. The van der Waals surface area contributed by atoms with Crippen molar-refractivity contribution in [2.45, 2.75) is 19.8 Å². The summed E-state index contributed by atoms with van der Waals surface area (Å²) < 4.78 is 0. The number of thiazole rings is 1. The van der Waals surface area contributed by atoms with Gasteiger partial charge in [0, 0.05) is 5.38 Å². The molecule has 0 atom stereocenters. The van der Waals surface area contributed by atoms with E-state index in [1.54, 1.807) is 11.3 Å². The monoisotopic (exact) mass is 144 g/mol. The van der Waals surface area contributed by atoms with E-state index in [0.717, 1.165) is 6.42 Å². The summed E-state index contributed by atoms with van der Waals surface area (Å²) in [5.74, 6) is 0. The second-order valence-electron chi connectivity index (χ2n) is 1.73. The van der Waals surface area contributed by atoms with E-state index in [1.807, 2.05) is 5.51 Å². The summed E-state index contributed by atoms with van der Waals surface area (Å²) in [7, 11) is 0. The van der Waals surface area contributed by atoms with Crippen LogP contribution in [0.4, 0.5) is 0 Å². The number of rotatable bonds is 2. The van der Waals surface area contributed by atoms with Gasteiger partial charge in [-0.1, -0.05) is 13.3 Å². The topological polar surface area (TPSA) is 47.9 Å². The summed E-state index contributed by atoms with van der Waals surface area (Å²) in [5, 5.41) is 2.10. The smallest absolute Gasteiger partial charge is 0.0794 e. The molecule has 1 heterocycles. The van der Waals surface area contributed by atoms with E-state index in [0.29, 0.717) is 0 Å². The molecule has 0 aromatic carbocycles. The third-order valence-corrected chi connectivity index (χ3v) is 1.62. The lowest BCUT2D eigenvalue weighted by molar-refractivity contribution is 0.893. The maximum absolute atomic E-state index is 4.12. The molecule has 0 spiro atoms. The summed E-state index contributed by atoms with van der Waals surface area (Å²) in [6.07, 6.45) is 2.33. The first-order valence-corrected chi connectivity index (χ1v) is 3.75. The molecule has 0 saturated heterocycles. The zero-order chi connectivity index (χ0) is 5.82. The quantitative estimate of drug-likeness (QED) is 0.692. The van der Waals surface area contributed by atoms with Crippen LogP contribution in [0.15, 0.2) is 10.9 Å². The fourth-order valence-electron chi connectivity index (χ4n) is 0.617. The summed E-state index contributed by atoms with van der Waals surface area (Å²) in [5.41, 5.74) is 3.11. The van der Waals surface area contributed by atoms with Crippen LogP contribution in [0.2, 0.25) is 0 Å². The van der Waals surface area contributed by atoms with Crippen molar-refractivity contribution in [1.82, 2.24) is 11.1 Å². The number of aromatic nitrogens is 1. The SMILES string of the molecule is CCCc1cscn1.N. The van der Waals surface area contributed by atoms with Crippen LogP contribution in [0.5, 0.6) is 0 Å². The molecular formula is C6H12N2S. The summed E-state index contributed by atoms with van der Waals surface area (Å²) in [6, 6.07) is 0. The van der Waals surface area contributed by atoms with Gasteiger partial charge in [0.15, 0.2) is 0 Å². The fraction of sp³-hybridized carbons (Fsp3) is 0.500. The Hall–Kier alpha value is -0.410. The molecule has 3 N–H and O–H groups in total. The van der Waals surface area contributed by atoms with Crippen LogP contribution in [0.25, 0.3) is 0 Å². The molecule has 0 radical (unpaired) electrons. The Morgan fingerprint density at radius 2 is 2.44 bits per heavy atom. The Labute approximate surface area is 59.5 Å². The second-order valence-corrected chi connectivity index (χ2v) is 2.45. The molecule has 0 aliphatic heterocycles. The third-order valence-electron chi connectivity index (χ3n) is 0.990. The average molecular weight is 144 g/mol. The molecule has 0 aliphatic carbocycles. The highest BCUT2D eigenvalue weighted by molar-refractivity contribution is 7.07. The standard InChI is InChI=1S/C6H9NS.H3N/c1-2-3-6-4-8-5-7-6;/h4-5H,2-3H2,1H3;1H3. The lowest BCUT2D eigenvalue weighted by Gasteiger charge is -1.84. The van der Waals surface area contributed by atoms with Crippen LogP contribution in [-0.2, 0) is 6.42 Å². The number of hydrogen-bond acceptors (Lipinski definition) is 3. The highest BCUT2D eigenvalue weighted by Crippen LogP contribution is 2.02. The number of nitrogens with zero attached hydrogens (tertiary/aromatic N) is 1. The van der Waals surface area contributed by atoms with E-state index < -0.39 is 0 Å². The van der Waals surface area contributed by atoms with Crippen LogP contribution in [0, 0.1) is 0 Å². The Morgan fingerprint density at radius 1 is 1.67 bits per heavy atom. The van der Waals surface area contributed by atoms with Crippen molar-refractivity contribution in [1.29, 1.82) is 0 Å². The van der Waals surface area contributed by atoms with E-state index in [2.05, 4.69) is 17.3 Å². The minimum absolute atomic E-state index is 0. The van der Waals surface area contributed by atoms with Crippen LogP contribution >= 0.6 is 11.3 Å². The van der Waals surface area contributed by atoms with E-state index in [4.69, 9.17) is 0 Å². The molecule has 0 bridgehead atoms. The minimum atomic E-state index is 0. The van der Waals surface area contributed by atoms with Crippen LogP contribution in [0.1, 0.15) is 19.0 Å². The Kier molecular flexibility index (Phi) is 4.26. The van der Waals surface area contributed by atoms with Gasteiger partial charge in [-0.05, 0) is 6.42 Å². The maximum Gasteiger partial charge on any atom is 0.0794 e. The molecule has 2 nitrogen and oxygen atoms in total. The lowest BCUT2D eigenvalue weighted by Crippen LogP contribution is -1.78. The highest BCUT2D eigenvalue weighted by Gasteiger charge is 1.88. The molecule has 0 saturated carbocycles. The molecule has 1 aromatic rings. The number of hydrogen-bond donors (Lipinski definition) is 1. The lowest BCUT2D eigenvalue weighted by atomic mass is 10.3. The van der Waals surface area contributed by atoms with Gasteiger partial charge in [0.05, 0.1) is 11.2 Å². The second kappa shape index (κ2) is 4.47. The predicted octanol–water partition coefficient (Wildman–Crippen LogP) is 2.26. The highest BCUT2D eigenvalue weighted by atomic mass is 32.1. The van der Waals surface area contributed by atoms with E-state index in [9.17, 15) is 0 Å². The van der Waals surface area contributed by atoms with Crippen LogP contribution in [-0.4, -0.2) is 4.98 Å². The molecule has 3 heteroatoms. The van der Waals surface area contributed by atoms with Gasteiger partial charge >= 0.3 is 0 Å². The Morgan fingerprint density at radius 3 is 2.89 bits per heavy atom. The average Bonchev–Trinajstić information content (AvgIpc) is 2.19. The first-order valence-electron chi connectivity index (χ1n) is 2.80. The van der Waals surface area contributed by atoms with Gasteiger partial charge in [-0.3, -0.25) is 0 Å².